The number of benzene rings is 2. The molecule has 2 aromatic carbocycles. The van der Waals surface area contributed by atoms with Crippen molar-refractivity contribution in [1.29, 1.82) is 0 Å². The Balaban J connectivity index is 1.32. The van der Waals surface area contributed by atoms with Gasteiger partial charge in [-0.05, 0) is 62.8 Å². The fraction of sp³-hybridized carbons (Fsp3) is 0.321. The zero-order valence-electron chi connectivity index (χ0n) is 21.5. The summed E-state index contributed by atoms with van der Waals surface area (Å²) in [7, 11) is 5.67. The van der Waals surface area contributed by atoms with Crippen molar-refractivity contribution in [3.8, 4) is 27.6 Å². The van der Waals surface area contributed by atoms with E-state index in [1.807, 2.05) is 35.2 Å². The lowest BCUT2D eigenvalue weighted by atomic mass is 10.0. The number of halogens is 1. The average molecular weight is 553 g/mol. The summed E-state index contributed by atoms with van der Waals surface area (Å²) in [5.41, 5.74) is 2.03. The number of hydrogen-bond donors (Lipinski definition) is 0. The molecule has 3 heterocycles. The molecule has 1 saturated heterocycles. The largest absolute Gasteiger partial charge is 0.493 e. The molecule has 8 nitrogen and oxygen atoms in total. The van der Waals surface area contributed by atoms with Crippen molar-refractivity contribution in [2.75, 3.05) is 40.9 Å². The summed E-state index contributed by atoms with van der Waals surface area (Å²) >= 11 is 7.40. The highest BCUT2D eigenvalue weighted by atomic mass is 35.5. The summed E-state index contributed by atoms with van der Waals surface area (Å²) in [6.07, 6.45) is 3.42. The van der Waals surface area contributed by atoms with E-state index in [1.165, 1.54) is 29.3 Å². The Kier molecular flexibility index (Phi) is 7.69. The molecule has 5 rings (SSSR count). The van der Waals surface area contributed by atoms with Crippen LogP contribution in [0.3, 0.4) is 0 Å². The van der Waals surface area contributed by atoms with Gasteiger partial charge < -0.3 is 19.3 Å². The van der Waals surface area contributed by atoms with Crippen LogP contribution in [0.15, 0.2) is 59.7 Å². The van der Waals surface area contributed by atoms with Crippen LogP contribution in [0, 0.1) is 0 Å². The number of piperidine rings is 1. The van der Waals surface area contributed by atoms with Crippen molar-refractivity contribution in [2.24, 2.45) is 0 Å². The number of carbonyl (C=O) groups is 1. The third-order valence-electron chi connectivity index (χ3n) is 6.89. The second-order valence-electron chi connectivity index (χ2n) is 9.45. The first kappa shape index (κ1) is 26.2. The lowest BCUT2D eigenvalue weighted by Crippen LogP contribution is -2.45. The van der Waals surface area contributed by atoms with Gasteiger partial charge >= 0.3 is 0 Å². The van der Waals surface area contributed by atoms with E-state index in [1.54, 1.807) is 18.2 Å². The number of thiophene rings is 1. The maximum absolute atomic E-state index is 13.4. The minimum Gasteiger partial charge on any atom is -0.493 e. The standard InChI is InChI=1S/C28H29ClN4O4S/c1-31(2)20-10-12-32(13-11-20)26(34)16-37-23-9-8-21(14-24(23)36-3)33-17-30-22-15-25(38-27(22)28(33)35)18-4-6-19(29)7-5-18/h4-9,14-15,17,20H,10-13,16H2,1-3H3. The summed E-state index contributed by atoms with van der Waals surface area (Å²) in [6.45, 7) is 1.38. The number of ether oxygens (including phenoxy) is 2. The number of methoxy groups -OCH3 is 1. The van der Waals surface area contributed by atoms with Crippen LogP contribution in [0.1, 0.15) is 12.8 Å². The molecule has 1 fully saturated rings. The van der Waals surface area contributed by atoms with Crippen molar-refractivity contribution >= 4 is 39.1 Å². The van der Waals surface area contributed by atoms with Crippen LogP contribution in [-0.2, 0) is 4.79 Å². The van der Waals surface area contributed by atoms with E-state index < -0.39 is 0 Å². The Morgan fingerprint density at radius 3 is 2.53 bits per heavy atom. The predicted molar refractivity (Wildman–Crippen MR) is 151 cm³/mol. The molecule has 0 radical (unpaired) electrons. The molecule has 0 bridgehead atoms. The summed E-state index contributed by atoms with van der Waals surface area (Å²) < 4.78 is 13.4. The number of amides is 1. The number of carbonyl (C=O) groups excluding carboxylic acids is 1. The first-order chi connectivity index (χ1) is 18.3. The molecule has 0 N–H and O–H groups in total. The van der Waals surface area contributed by atoms with Gasteiger partial charge in [0.2, 0.25) is 0 Å². The van der Waals surface area contributed by atoms with Gasteiger partial charge in [-0.25, -0.2) is 4.98 Å². The third kappa shape index (κ3) is 5.41. The number of aromatic nitrogens is 2. The molecule has 198 valence electrons. The van der Waals surface area contributed by atoms with Gasteiger partial charge in [0, 0.05) is 35.1 Å². The highest BCUT2D eigenvalue weighted by Crippen LogP contribution is 2.33. The minimum atomic E-state index is -0.174. The monoisotopic (exact) mass is 552 g/mol. The van der Waals surface area contributed by atoms with E-state index in [9.17, 15) is 9.59 Å². The molecule has 0 saturated carbocycles. The highest BCUT2D eigenvalue weighted by molar-refractivity contribution is 7.22. The zero-order chi connectivity index (χ0) is 26.8. The maximum atomic E-state index is 13.4. The van der Waals surface area contributed by atoms with E-state index in [0.29, 0.717) is 38.5 Å². The van der Waals surface area contributed by atoms with Crippen LogP contribution in [0.4, 0.5) is 0 Å². The van der Waals surface area contributed by atoms with E-state index in [2.05, 4.69) is 24.0 Å². The third-order valence-corrected chi connectivity index (χ3v) is 8.30. The topological polar surface area (TPSA) is 76.9 Å². The Labute approximate surface area is 230 Å². The number of nitrogens with zero attached hydrogens (tertiary/aromatic N) is 4. The van der Waals surface area contributed by atoms with Crippen molar-refractivity contribution in [3.63, 3.8) is 0 Å². The number of hydrogen-bond acceptors (Lipinski definition) is 7. The van der Waals surface area contributed by atoms with Crippen LogP contribution in [0.2, 0.25) is 5.02 Å². The molecule has 1 aliphatic rings. The Bertz CT molecular complexity index is 1510. The van der Waals surface area contributed by atoms with Gasteiger partial charge in [-0.3, -0.25) is 14.2 Å². The van der Waals surface area contributed by atoms with Gasteiger partial charge in [-0.15, -0.1) is 11.3 Å². The quantitative estimate of drug-likeness (QED) is 0.330. The Morgan fingerprint density at radius 2 is 1.84 bits per heavy atom. The molecule has 0 spiro atoms. The molecule has 0 aliphatic carbocycles. The molecule has 2 aromatic heterocycles. The summed E-state index contributed by atoms with van der Waals surface area (Å²) in [6, 6.07) is 15.1. The van der Waals surface area contributed by atoms with Gasteiger partial charge in [-0.1, -0.05) is 23.7 Å². The first-order valence-electron chi connectivity index (χ1n) is 12.4. The second-order valence-corrected chi connectivity index (χ2v) is 10.9. The molecule has 1 aliphatic heterocycles. The SMILES string of the molecule is COc1cc(-n2cnc3cc(-c4ccc(Cl)cc4)sc3c2=O)ccc1OCC(=O)N1CCC(N(C)C)CC1. The summed E-state index contributed by atoms with van der Waals surface area (Å²) in [4.78, 5) is 35.6. The van der Waals surface area contributed by atoms with Gasteiger partial charge in [0.15, 0.2) is 18.1 Å². The molecule has 0 atom stereocenters. The summed E-state index contributed by atoms with van der Waals surface area (Å²) in [5.74, 6) is 0.825. The van der Waals surface area contributed by atoms with Crippen LogP contribution < -0.4 is 15.0 Å². The molecule has 10 heteroatoms. The second kappa shape index (κ2) is 11.1. The van der Waals surface area contributed by atoms with Gasteiger partial charge in [0.1, 0.15) is 11.0 Å². The van der Waals surface area contributed by atoms with E-state index >= 15 is 0 Å². The lowest BCUT2D eigenvalue weighted by Gasteiger charge is -2.35. The number of fused-ring (bicyclic) bond motifs is 1. The van der Waals surface area contributed by atoms with Gasteiger partial charge in [0.05, 0.1) is 18.3 Å². The number of rotatable bonds is 7. The normalized spacial score (nSPS) is 14.3. The zero-order valence-corrected chi connectivity index (χ0v) is 23.1. The molecular weight excluding hydrogens is 524 g/mol. The minimum absolute atomic E-state index is 0.0478. The highest BCUT2D eigenvalue weighted by Gasteiger charge is 2.24. The van der Waals surface area contributed by atoms with Crippen LogP contribution in [0.25, 0.3) is 26.3 Å². The molecule has 38 heavy (non-hydrogen) atoms. The lowest BCUT2D eigenvalue weighted by molar-refractivity contribution is -0.134. The first-order valence-corrected chi connectivity index (χ1v) is 13.6. The van der Waals surface area contributed by atoms with E-state index in [0.717, 1.165) is 36.4 Å². The van der Waals surface area contributed by atoms with Crippen LogP contribution in [0.5, 0.6) is 11.5 Å². The van der Waals surface area contributed by atoms with Gasteiger partial charge in [-0.2, -0.15) is 0 Å². The van der Waals surface area contributed by atoms with Crippen molar-refractivity contribution < 1.29 is 14.3 Å². The molecule has 1 amide bonds. The fourth-order valence-electron chi connectivity index (χ4n) is 4.64. The Morgan fingerprint density at radius 1 is 1.11 bits per heavy atom. The van der Waals surface area contributed by atoms with Crippen LogP contribution in [-0.4, -0.2) is 72.2 Å². The van der Waals surface area contributed by atoms with Gasteiger partial charge in [0.25, 0.3) is 11.5 Å². The maximum Gasteiger partial charge on any atom is 0.275 e. The van der Waals surface area contributed by atoms with E-state index in [4.69, 9.17) is 21.1 Å². The molecule has 4 aromatic rings. The van der Waals surface area contributed by atoms with Crippen molar-refractivity contribution in [1.82, 2.24) is 19.4 Å². The number of likely N-dealkylation sites (tertiary alicyclic amines) is 1. The van der Waals surface area contributed by atoms with Crippen molar-refractivity contribution in [3.05, 3.63) is 70.2 Å². The van der Waals surface area contributed by atoms with Crippen molar-refractivity contribution in [2.45, 2.75) is 18.9 Å². The molecular formula is C28H29ClN4O4S. The average Bonchev–Trinajstić information content (AvgIpc) is 3.38. The predicted octanol–water partition coefficient (Wildman–Crippen LogP) is 4.71. The molecule has 0 unspecified atom stereocenters. The Hall–Kier alpha value is -3.40. The van der Waals surface area contributed by atoms with Crippen LogP contribution >= 0.6 is 22.9 Å². The summed E-state index contributed by atoms with van der Waals surface area (Å²) in [5, 5.41) is 0.658. The smallest absolute Gasteiger partial charge is 0.275 e. The fourth-order valence-corrected chi connectivity index (χ4v) is 5.81. The van der Waals surface area contributed by atoms with E-state index in [-0.39, 0.29) is 18.1 Å².